The van der Waals surface area contributed by atoms with Crippen LogP contribution in [0.2, 0.25) is 5.02 Å². The molecule has 0 aromatic heterocycles. The van der Waals surface area contributed by atoms with Gasteiger partial charge in [-0.2, -0.15) is 0 Å². The molecule has 0 aliphatic carbocycles. The summed E-state index contributed by atoms with van der Waals surface area (Å²) < 4.78 is 5.51. The SMILES string of the molecule is CCCCOc1ccc(Cl)cc1C(=N)N. The molecule has 0 atom stereocenters. The summed E-state index contributed by atoms with van der Waals surface area (Å²) in [5, 5.41) is 7.95. The second-order valence-corrected chi connectivity index (χ2v) is 3.69. The van der Waals surface area contributed by atoms with E-state index in [1.165, 1.54) is 0 Å². The van der Waals surface area contributed by atoms with Crippen LogP contribution in [0.25, 0.3) is 0 Å². The minimum absolute atomic E-state index is 0.0241. The number of nitrogen functional groups attached to an aromatic ring is 1. The van der Waals surface area contributed by atoms with Crippen molar-refractivity contribution in [3.8, 4) is 5.75 Å². The number of nitrogens with one attached hydrogen (secondary N) is 1. The Kier molecular flexibility index (Phi) is 4.43. The van der Waals surface area contributed by atoms with Gasteiger partial charge in [0.1, 0.15) is 11.6 Å². The van der Waals surface area contributed by atoms with Gasteiger partial charge in [0, 0.05) is 5.02 Å². The number of halogens is 1. The summed E-state index contributed by atoms with van der Waals surface area (Å²) in [6, 6.07) is 5.12. The predicted octanol–water partition coefficient (Wildman–Crippen LogP) is 2.80. The number of nitrogens with two attached hydrogens (primary N) is 1. The molecule has 82 valence electrons. The van der Waals surface area contributed by atoms with Gasteiger partial charge in [0.2, 0.25) is 0 Å². The van der Waals surface area contributed by atoms with Crippen LogP contribution in [0.5, 0.6) is 5.75 Å². The molecule has 15 heavy (non-hydrogen) atoms. The molecule has 0 heterocycles. The number of hydrogen-bond acceptors (Lipinski definition) is 2. The lowest BCUT2D eigenvalue weighted by Gasteiger charge is -2.10. The van der Waals surface area contributed by atoms with Crippen molar-refractivity contribution >= 4 is 17.4 Å². The first kappa shape index (κ1) is 11.9. The van der Waals surface area contributed by atoms with Gasteiger partial charge in [-0.25, -0.2) is 0 Å². The lowest BCUT2D eigenvalue weighted by atomic mass is 10.2. The molecule has 0 aliphatic rings. The summed E-state index contributed by atoms with van der Waals surface area (Å²) in [6.07, 6.45) is 2.06. The van der Waals surface area contributed by atoms with Crippen molar-refractivity contribution in [1.29, 1.82) is 5.41 Å². The van der Waals surface area contributed by atoms with E-state index in [1.807, 2.05) is 0 Å². The van der Waals surface area contributed by atoms with Gasteiger partial charge in [-0.3, -0.25) is 5.41 Å². The lowest BCUT2D eigenvalue weighted by molar-refractivity contribution is 0.309. The van der Waals surface area contributed by atoms with E-state index in [2.05, 4.69) is 6.92 Å². The van der Waals surface area contributed by atoms with Crippen LogP contribution in [-0.2, 0) is 0 Å². The van der Waals surface area contributed by atoms with Gasteiger partial charge in [-0.1, -0.05) is 24.9 Å². The van der Waals surface area contributed by atoms with Crippen LogP contribution >= 0.6 is 11.6 Å². The molecule has 0 bridgehead atoms. The van der Waals surface area contributed by atoms with Gasteiger partial charge in [-0.05, 0) is 24.6 Å². The highest BCUT2D eigenvalue weighted by Crippen LogP contribution is 2.22. The first-order valence-corrected chi connectivity index (χ1v) is 5.29. The summed E-state index contributed by atoms with van der Waals surface area (Å²) in [4.78, 5) is 0. The second-order valence-electron chi connectivity index (χ2n) is 3.26. The van der Waals surface area contributed by atoms with Gasteiger partial charge in [0.05, 0.1) is 12.2 Å². The fourth-order valence-corrected chi connectivity index (χ4v) is 1.34. The Labute approximate surface area is 94.7 Å². The van der Waals surface area contributed by atoms with E-state index in [9.17, 15) is 0 Å². The van der Waals surface area contributed by atoms with Crippen molar-refractivity contribution < 1.29 is 4.74 Å². The molecule has 4 heteroatoms. The summed E-state index contributed by atoms with van der Waals surface area (Å²) >= 11 is 5.81. The average Bonchev–Trinajstić information content (AvgIpc) is 2.20. The van der Waals surface area contributed by atoms with Gasteiger partial charge in [-0.15, -0.1) is 0 Å². The summed E-state index contributed by atoms with van der Waals surface area (Å²) in [5.74, 6) is 0.601. The maximum atomic E-state index is 7.39. The number of hydrogen-bond donors (Lipinski definition) is 2. The van der Waals surface area contributed by atoms with E-state index >= 15 is 0 Å². The molecule has 1 aromatic rings. The van der Waals surface area contributed by atoms with Crippen molar-refractivity contribution in [2.24, 2.45) is 5.73 Å². The van der Waals surface area contributed by atoms with E-state index in [4.69, 9.17) is 27.5 Å². The zero-order valence-corrected chi connectivity index (χ0v) is 9.47. The normalized spacial score (nSPS) is 10.0. The largest absolute Gasteiger partial charge is 0.493 e. The molecule has 0 amide bonds. The molecule has 3 N–H and O–H groups in total. The second kappa shape index (κ2) is 5.61. The highest BCUT2D eigenvalue weighted by Gasteiger charge is 2.07. The van der Waals surface area contributed by atoms with Crippen LogP contribution in [0.1, 0.15) is 25.3 Å². The Morgan fingerprint density at radius 1 is 1.53 bits per heavy atom. The molecule has 1 rings (SSSR count). The maximum Gasteiger partial charge on any atom is 0.130 e. The molecular formula is C11H15ClN2O. The van der Waals surface area contributed by atoms with Crippen molar-refractivity contribution in [2.45, 2.75) is 19.8 Å². The molecule has 3 nitrogen and oxygen atoms in total. The number of unbranched alkanes of at least 4 members (excludes halogenated alkanes) is 1. The summed E-state index contributed by atoms with van der Waals surface area (Å²) in [6.45, 7) is 2.73. The summed E-state index contributed by atoms with van der Waals surface area (Å²) in [5.41, 5.74) is 5.99. The van der Waals surface area contributed by atoms with E-state index < -0.39 is 0 Å². The Morgan fingerprint density at radius 2 is 2.27 bits per heavy atom. The number of benzene rings is 1. The van der Waals surface area contributed by atoms with Crippen molar-refractivity contribution in [3.63, 3.8) is 0 Å². The van der Waals surface area contributed by atoms with E-state index in [0.717, 1.165) is 12.8 Å². The van der Waals surface area contributed by atoms with Crippen LogP contribution in [-0.4, -0.2) is 12.4 Å². The van der Waals surface area contributed by atoms with E-state index in [0.29, 0.717) is 22.9 Å². The first-order chi connectivity index (χ1) is 7.15. The minimum atomic E-state index is -0.0241. The molecular weight excluding hydrogens is 212 g/mol. The Bertz CT molecular complexity index is 352. The monoisotopic (exact) mass is 226 g/mol. The smallest absolute Gasteiger partial charge is 0.130 e. The first-order valence-electron chi connectivity index (χ1n) is 4.92. The van der Waals surface area contributed by atoms with E-state index in [1.54, 1.807) is 18.2 Å². The number of ether oxygens (including phenoxy) is 1. The average molecular weight is 227 g/mol. The molecule has 1 aromatic carbocycles. The predicted molar refractivity (Wildman–Crippen MR) is 62.9 cm³/mol. The zero-order chi connectivity index (χ0) is 11.3. The summed E-state index contributed by atoms with van der Waals surface area (Å²) in [7, 11) is 0. The molecule has 0 unspecified atom stereocenters. The van der Waals surface area contributed by atoms with Crippen LogP contribution in [0, 0.1) is 5.41 Å². The third kappa shape index (κ3) is 3.44. The van der Waals surface area contributed by atoms with Crippen LogP contribution in [0.4, 0.5) is 0 Å². The molecule has 0 radical (unpaired) electrons. The molecule has 0 fully saturated rings. The molecule has 0 spiro atoms. The third-order valence-corrected chi connectivity index (χ3v) is 2.22. The van der Waals surface area contributed by atoms with Gasteiger partial charge in [0.25, 0.3) is 0 Å². The lowest BCUT2D eigenvalue weighted by Crippen LogP contribution is -2.13. The quantitative estimate of drug-likeness (QED) is 0.461. The molecule has 0 aliphatic heterocycles. The highest BCUT2D eigenvalue weighted by atomic mass is 35.5. The topological polar surface area (TPSA) is 59.1 Å². The van der Waals surface area contributed by atoms with Gasteiger partial charge in [0.15, 0.2) is 0 Å². The Hall–Kier alpha value is -1.22. The van der Waals surface area contributed by atoms with Gasteiger partial charge < -0.3 is 10.5 Å². The van der Waals surface area contributed by atoms with Crippen LogP contribution in [0.15, 0.2) is 18.2 Å². The van der Waals surface area contributed by atoms with Gasteiger partial charge >= 0.3 is 0 Å². The standard InChI is InChI=1S/C11H15ClN2O/c1-2-3-6-15-10-5-4-8(12)7-9(10)11(13)14/h4-5,7H,2-3,6H2,1H3,(H3,13,14). The van der Waals surface area contributed by atoms with Crippen LogP contribution < -0.4 is 10.5 Å². The Balaban J connectivity index is 2.81. The fourth-order valence-electron chi connectivity index (χ4n) is 1.17. The van der Waals surface area contributed by atoms with E-state index in [-0.39, 0.29) is 5.84 Å². The number of amidine groups is 1. The van der Waals surface area contributed by atoms with Crippen LogP contribution in [0.3, 0.4) is 0 Å². The highest BCUT2D eigenvalue weighted by molar-refractivity contribution is 6.31. The molecule has 0 saturated heterocycles. The zero-order valence-electron chi connectivity index (χ0n) is 8.72. The van der Waals surface area contributed by atoms with Crippen molar-refractivity contribution in [2.75, 3.05) is 6.61 Å². The Morgan fingerprint density at radius 3 is 2.87 bits per heavy atom. The minimum Gasteiger partial charge on any atom is -0.493 e. The number of rotatable bonds is 5. The third-order valence-electron chi connectivity index (χ3n) is 1.99. The maximum absolute atomic E-state index is 7.39. The van der Waals surface area contributed by atoms with Crippen molar-refractivity contribution in [3.05, 3.63) is 28.8 Å². The van der Waals surface area contributed by atoms with Crippen molar-refractivity contribution in [1.82, 2.24) is 0 Å². The fraction of sp³-hybridized carbons (Fsp3) is 0.364. The molecule has 0 saturated carbocycles.